The Morgan fingerprint density at radius 1 is 1.40 bits per heavy atom. The van der Waals surface area contributed by atoms with Crippen LogP contribution in [0.15, 0.2) is 47.7 Å². The predicted octanol–water partition coefficient (Wildman–Crippen LogP) is 3.22. The number of carbonyl (C=O) groups excluding carboxylic acids is 1. The molecule has 0 fully saturated rings. The second-order valence-electron chi connectivity index (χ2n) is 4.25. The number of nitrogens with zero attached hydrogens (tertiary/aromatic N) is 3. The van der Waals surface area contributed by atoms with E-state index in [2.05, 4.69) is 9.98 Å². The maximum Gasteiger partial charge on any atom is 0.152 e. The first-order valence-corrected chi connectivity index (χ1v) is 6.05. The van der Waals surface area contributed by atoms with Crippen molar-refractivity contribution in [3.63, 3.8) is 0 Å². The van der Waals surface area contributed by atoms with Gasteiger partial charge in [-0.25, -0.2) is 9.38 Å². The molecule has 0 aliphatic heterocycles. The van der Waals surface area contributed by atoms with Crippen LogP contribution in [0.2, 0.25) is 0 Å². The van der Waals surface area contributed by atoms with E-state index in [-0.39, 0.29) is 5.56 Å². The van der Waals surface area contributed by atoms with Crippen molar-refractivity contribution >= 4 is 23.5 Å². The van der Waals surface area contributed by atoms with Crippen molar-refractivity contribution in [1.29, 1.82) is 0 Å². The van der Waals surface area contributed by atoms with Crippen LogP contribution in [0.25, 0.3) is 0 Å². The molecule has 1 heterocycles. The third kappa shape index (κ3) is 3.06. The topological polar surface area (TPSA) is 45.6 Å². The number of aliphatic imine (C=N–C) groups is 1. The van der Waals surface area contributed by atoms with E-state index in [1.54, 1.807) is 12.4 Å². The third-order valence-electron chi connectivity index (χ3n) is 2.92. The number of anilines is 1. The molecule has 0 radical (unpaired) electrons. The molecule has 1 aromatic heterocycles. The number of halogens is 1. The van der Waals surface area contributed by atoms with E-state index in [1.807, 2.05) is 31.0 Å². The minimum absolute atomic E-state index is 0.226. The van der Waals surface area contributed by atoms with Gasteiger partial charge in [0.15, 0.2) is 6.29 Å². The number of hydrogen-bond donors (Lipinski definition) is 0. The van der Waals surface area contributed by atoms with Gasteiger partial charge in [0.05, 0.1) is 17.6 Å². The molecule has 0 amide bonds. The monoisotopic (exact) mass is 271 g/mol. The summed E-state index contributed by atoms with van der Waals surface area (Å²) in [6, 6.07) is 7.66. The quantitative estimate of drug-likeness (QED) is 0.489. The van der Waals surface area contributed by atoms with Crippen molar-refractivity contribution in [1.82, 2.24) is 4.98 Å². The molecule has 0 aliphatic carbocycles. The summed E-state index contributed by atoms with van der Waals surface area (Å²) >= 11 is 0. The molecule has 2 rings (SSSR count). The van der Waals surface area contributed by atoms with Crippen LogP contribution in [-0.2, 0) is 0 Å². The molecule has 0 N–H and O–H groups in total. The van der Waals surface area contributed by atoms with Gasteiger partial charge in [0.25, 0.3) is 0 Å². The smallest absolute Gasteiger partial charge is 0.152 e. The van der Waals surface area contributed by atoms with Crippen LogP contribution in [-0.4, -0.2) is 24.2 Å². The van der Waals surface area contributed by atoms with E-state index in [9.17, 15) is 9.18 Å². The summed E-state index contributed by atoms with van der Waals surface area (Å²) in [6.45, 7) is 1.81. The predicted molar refractivity (Wildman–Crippen MR) is 77.2 cm³/mol. The maximum absolute atomic E-state index is 13.1. The lowest BCUT2D eigenvalue weighted by atomic mass is 10.2. The van der Waals surface area contributed by atoms with Crippen LogP contribution in [0.5, 0.6) is 0 Å². The standard InChI is InChI=1S/C15H14FN3O/c1-11(19(2)14-4-3-7-17-9-14)18-15-6-5-13(16)8-12(15)10-20/h3-10H,1-2H3. The first kappa shape index (κ1) is 13.9. The molecule has 20 heavy (non-hydrogen) atoms. The first-order chi connectivity index (χ1) is 9.61. The highest BCUT2D eigenvalue weighted by molar-refractivity contribution is 5.98. The maximum atomic E-state index is 13.1. The van der Waals surface area contributed by atoms with Gasteiger partial charge in [-0.1, -0.05) is 0 Å². The zero-order valence-electron chi connectivity index (χ0n) is 11.2. The Morgan fingerprint density at radius 3 is 2.85 bits per heavy atom. The fraction of sp³-hybridized carbons (Fsp3) is 0.133. The van der Waals surface area contributed by atoms with Gasteiger partial charge >= 0.3 is 0 Å². The fourth-order valence-electron chi connectivity index (χ4n) is 1.71. The Kier molecular flexibility index (Phi) is 4.20. The van der Waals surface area contributed by atoms with Gasteiger partial charge in [-0.2, -0.15) is 0 Å². The molecule has 0 spiro atoms. The van der Waals surface area contributed by atoms with Crippen LogP contribution in [0.1, 0.15) is 17.3 Å². The highest BCUT2D eigenvalue weighted by Crippen LogP contribution is 2.20. The highest BCUT2D eigenvalue weighted by atomic mass is 19.1. The molecule has 0 saturated heterocycles. The number of benzene rings is 1. The van der Waals surface area contributed by atoms with Gasteiger partial charge in [-0.05, 0) is 37.3 Å². The Morgan fingerprint density at radius 2 is 2.20 bits per heavy atom. The Bertz CT molecular complexity index is 641. The van der Waals surface area contributed by atoms with Crippen molar-refractivity contribution in [2.24, 2.45) is 4.99 Å². The second kappa shape index (κ2) is 6.06. The second-order valence-corrected chi connectivity index (χ2v) is 4.25. The molecule has 2 aromatic rings. The van der Waals surface area contributed by atoms with Crippen molar-refractivity contribution in [2.45, 2.75) is 6.92 Å². The SMILES string of the molecule is CC(=Nc1ccc(F)cc1C=O)N(C)c1cccnc1. The number of rotatable bonds is 3. The molecule has 0 atom stereocenters. The Balaban J connectivity index is 2.33. The van der Waals surface area contributed by atoms with E-state index in [4.69, 9.17) is 0 Å². The van der Waals surface area contributed by atoms with E-state index in [0.29, 0.717) is 17.8 Å². The third-order valence-corrected chi connectivity index (χ3v) is 2.92. The summed E-state index contributed by atoms with van der Waals surface area (Å²) in [7, 11) is 1.85. The van der Waals surface area contributed by atoms with Crippen LogP contribution >= 0.6 is 0 Å². The molecule has 0 saturated carbocycles. The van der Waals surface area contributed by atoms with Crippen LogP contribution in [0, 0.1) is 5.82 Å². The van der Waals surface area contributed by atoms with Gasteiger partial charge in [-0.3, -0.25) is 9.78 Å². The molecular weight excluding hydrogens is 257 g/mol. The first-order valence-electron chi connectivity index (χ1n) is 6.05. The molecule has 0 aliphatic rings. The average molecular weight is 271 g/mol. The summed E-state index contributed by atoms with van der Waals surface area (Å²) < 4.78 is 13.1. The van der Waals surface area contributed by atoms with Crippen molar-refractivity contribution < 1.29 is 9.18 Å². The zero-order chi connectivity index (χ0) is 14.5. The lowest BCUT2D eigenvalue weighted by Gasteiger charge is -2.18. The minimum Gasteiger partial charge on any atom is -0.332 e. The summed E-state index contributed by atoms with van der Waals surface area (Å²) in [5, 5.41) is 0. The van der Waals surface area contributed by atoms with Gasteiger partial charge in [-0.15, -0.1) is 0 Å². The largest absolute Gasteiger partial charge is 0.332 e. The van der Waals surface area contributed by atoms with E-state index in [0.717, 1.165) is 5.69 Å². The van der Waals surface area contributed by atoms with Gasteiger partial charge in [0, 0.05) is 18.8 Å². The van der Waals surface area contributed by atoms with Gasteiger partial charge in [0.2, 0.25) is 0 Å². The normalized spacial score (nSPS) is 11.2. The van der Waals surface area contributed by atoms with E-state index in [1.165, 1.54) is 18.2 Å². The number of pyridine rings is 1. The average Bonchev–Trinajstić information content (AvgIpc) is 2.49. The molecule has 0 unspecified atom stereocenters. The number of carbonyl (C=O) groups is 1. The summed E-state index contributed by atoms with van der Waals surface area (Å²) in [4.78, 5) is 21.2. The number of aromatic nitrogens is 1. The molecule has 4 nitrogen and oxygen atoms in total. The van der Waals surface area contributed by atoms with Crippen molar-refractivity contribution in [3.8, 4) is 0 Å². The number of aldehydes is 1. The fourth-order valence-corrected chi connectivity index (χ4v) is 1.71. The van der Waals surface area contributed by atoms with Crippen molar-refractivity contribution in [3.05, 3.63) is 54.1 Å². The molecule has 5 heteroatoms. The lowest BCUT2D eigenvalue weighted by molar-refractivity contribution is 0.112. The van der Waals surface area contributed by atoms with Gasteiger partial charge in [0.1, 0.15) is 11.7 Å². The molecule has 1 aromatic carbocycles. The summed E-state index contributed by atoms with van der Waals surface area (Å²) in [5.41, 5.74) is 1.54. The van der Waals surface area contributed by atoms with E-state index >= 15 is 0 Å². The Labute approximate surface area is 116 Å². The highest BCUT2D eigenvalue weighted by Gasteiger charge is 2.07. The molecule has 102 valence electrons. The minimum atomic E-state index is -0.454. The summed E-state index contributed by atoms with van der Waals surface area (Å²) in [6.07, 6.45) is 4.00. The van der Waals surface area contributed by atoms with Gasteiger partial charge < -0.3 is 4.90 Å². The van der Waals surface area contributed by atoms with Crippen LogP contribution in [0.4, 0.5) is 15.8 Å². The lowest BCUT2D eigenvalue weighted by Crippen LogP contribution is -2.23. The number of amidine groups is 1. The zero-order valence-corrected chi connectivity index (χ0v) is 11.2. The van der Waals surface area contributed by atoms with Crippen molar-refractivity contribution in [2.75, 3.05) is 11.9 Å². The number of hydrogen-bond acceptors (Lipinski definition) is 3. The molecule has 0 bridgehead atoms. The van der Waals surface area contributed by atoms with Crippen LogP contribution < -0.4 is 4.90 Å². The van der Waals surface area contributed by atoms with Crippen LogP contribution in [0.3, 0.4) is 0 Å². The summed E-state index contributed by atoms with van der Waals surface area (Å²) in [5.74, 6) is 0.219. The molecular formula is C15H14FN3O. The Hall–Kier alpha value is -2.56. The van der Waals surface area contributed by atoms with E-state index < -0.39 is 5.82 Å².